The molecule has 1 aliphatic carbocycles. The Kier molecular flexibility index (Phi) is 3.16. The van der Waals surface area contributed by atoms with Crippen molar-refractivity contribution >= 4 is 29.2 Å². The Hall–Kier alpha value is -2.37. The first-order chi connectivity index (χ1) is 10.0. The molecule has 110 valence electrons. The third-order valence-electron chi connectivity index (χ3n) is 4.36. The van der Waals surface area contributed by atoms with Gasteiger partial charge in [0.15, 0.2) is 0 Å². The van der Waals surface area contributed by atoms with Crippen molar-refractivity contribution < 1.29 is 19.5 Å². The molecule has 2 atom stereocenters. The molecule has 0 bridgehead atoms. The standard InChI is InChI=1S/C15H16N2O4/c16-11-6-5-8(15(20)21)7-12(11)17-13(18)9-3-1-2-4-10(9)14(17)19/h5-7,9-10H,1-4,16H2,(H,20,21). The molecule has 1 saturated carbocycles. The van der Waals surface area contributed by atoms with E-state index >= 15 is 0 Å². The van der Waals surface area contributed by atoms with Crippen LogP contribution in [0.5, 0.6) is 0 Å². The number of hydrogen-bond acceptors (Lipinski definition) is 4. The number of carboxylic acid groups (broad SMARTS) is 1. The van der Waals surface area contributed by atoms with Gasteiger partial charge in [0.1, 0.15) is 0 Å². The average Bonchev–Trinajstić information content (AvgIpc) is 2.72. The van der Waals surface area contributed by atoms with E-state index in [4.69, 9.17) is 10.8 Å². The highest BCUT2D eigenvalue weighted by atomic mass is 16.4. The van der Waals surface area contributed by atoms with Crippen molar-refractivity contribution in [3.05, 3.63) is 23.8 Å². The zero-order chi connectivity index (χ0) is 15.1. The summed E-state index contributed by atoms with van der Waals surface area (Å²) >= 11 is 0. The highest BCUT2D eigenvalue weighted by Crippen LogP contribution is 2.41. The van der Waals surface area contributed by atoms with Crippen molar-refractivity contribution in [2.24, 2.45) is 11.8 Å². The van der Waals surface area contributed by atoms with E-state index in [1.165, 1.54) is 18.2 Å². The SMILES string of the molecule is Nc1ccc(C(=O)O)cc1N1C(=O)C2CCCCC2C1=O. The Bertz CT molecular complexity index is 617. The lowest BCUT2D eigenvalue weighted by atomic mass is 9.81. The number of nitrogens with zero attached hydrogens (tertiary/aromatic N) is 1. The van der Waals surface area contributed by atoms with E-state index in [1.54, 1.807) is 0 Å². The Balaban J connectivity index is 2.04. The highest BCUT2D eigenvalue weighted by molar-refractivity contribution is 6.23. The third-order valence-corrected chi connectivity index (χ3v) is 4.36. The van der Waals surface area contributed by atoms with Crippen LogP contribution in [0, 0.1) is 11.8 Å². The Morgan fingerprint density at radius 2 is 1.71 bits per heavy atom. The second kappa shape index (κ2) is 4.87. The lowest BCUT2D eigenvalue weighted by molar-refractivity contribution is -0.122. The number of nitrogens with two attached hydrogens (primary N) is 1. The number of amides is 2. The first kappa shape index (κ1) is 13.6. The second-order valence-electron chi connectivity index (χ2n) is 5.59. The third kappa shape index (κ3) is 2.07. The molecule has 1 aliphatic heterocycles. The number of rotatable bonds is 2. The summed E-state index contributed by atoms with van der Waals surface area (Å²) in [7, 11) is 0. The van der Waals surface area contributed by atoms with E-state index in [2.05, 4.69) is 0 Å². The molecule has 6 nitrogen and oxygen atoms in total. The van der Waals surface area contributed by atoms with Crippen LogP contribution in [0.2, 0.25) is 0 Å². The minimum Gasteiger partial charge on any atom is -0.478 e. The number of carbonyl (C=O) groups excluding carboxylic acids is 2. The van der Waals surface area contributed by atoms with Crippen LogP contribution in [-0.4, -0.2) is 22.9 Å². The number of imide groups is 1. The van der Waals surface area contributed by atoms with E-state index in [0.29, 0.717) is 12.8 Å². The predicted molar refractivity (Wildman–Crippen MR) is 75.8 cm³/mol. The lowest BCUT2D eigenvalue weighted by Crippen LogP contribution is -2.31. The largest absolute Gasteiger partial charge is 0.478 e. The van der Waals surface area contributed by atoms with Crippen molar-refractivity contribution in [1.29, 1.82) is 0 Å². The summed E-state index contributed by atoms with van der Waals surface area (Å²) in [5, 5.41) is 9.05. The molecular weight excluding hydrogens is 272 g/mol. The predicted octanol–water partition coefficient (Wildman–Crippen LogP) is 1.65. The second-order valence-corrected chi connectivity index (χ2v) is 5.59. The van der Waals surface area contributed by atoms with Gasteiger partial charge in [0.2, 0.25) is 11.8 Å². The molecule has 2 aliphatic rings. The first-order valence-corrected chi connectivity index (χ1v) is 7.01. The summed E-state index contributed by atoms with van der Waals surface area (Å²) in [4.78, 5) is 37.1. The van der Waals surface area contributed by atoms with E-state index in [0.717, 1.165) is 17.7 Å². The monoisotopic (exact) mass is 288 g/mol. The maximum atomic E-state index is 12.5. The fraction of sp³-hybridized carbons (Fsp3) is 0.400. The minimum atomic E-state index is -1.12. The molecule has 3 N–H and O–H groups in total. The molecule has 0 spiro atoms. The fourth-order valence-corrected chi connectivity index (χ4v) is 3.27. The van der Waals surface area contributed by atoms with Gasteiger partial charge in [-0.3, -0.25) is 9.59 Å². The molecular formula is C15H16N2O4. The van der Waals surface area contributed by atoms with Crippen LogP contribution in [0.3, 0.4) is 0 Å². The van der Waals surface area contributed by atoms with Crippen LogP contribution >= 0.6 is 0 Å². The van der Waals surface area contributed by atoms with Crippen molar-refractivity contribution in [1.82, 2.24) is 0 Å². The summed E-state index contributed by atoms with van der Waals surface area (Å²) in [5.74, 6) is -2.18. The summed E-state index contributed by atoms with van der Waals surface area (Å²) in [6.07, 6.45) is 3.31. The molecule has 1 aromatic rings. The molecule has 2 fully saturated rings. The molecule has 21 heavy (non-hydrogen) atoms. The first-order valence-electron chi connectivity index (χ1n) is 7.01. The number of fused-ring (bicyclic) bond motifs is 1. The molecule has 1 aromatic carbocycles. The molecule has 0 radical (unpaired) electrons. The molecule has 0 aromatic heterocycles. The van der Waals surface area contributed by atoms with Crippen LogP contribution in [0.25, 0.3) is 0 Å². The van der Waals surface area contributed by atoms with Crippen LogP contribution in [0.4, 0.5) is 11.4 Å². The number of carbonyl (C=O) groups is 3. The van der Waals surface area contributed by atoms with Crippen molar-refractivity contribution in [2.75, 3.05) is 10.6 Å². The van der Waals surface area contributed by atoms with E-state index in [-0.39, 0.29) is 40.6 Å². The van der Waals surface area contributed by atoms with Crippen LogP contribution < -0.4 is 10.6 Å². The van der Waals surface area contributed by atoms with Crippen LogP contribution in [0.1, 0.15) is 36.0 Å². The smallest absolute Gasteiger partial charge is 0.335 e. The summed E-state index contributed by atoms with van der Waals surface area (Å²) in [6, 6.07) is 4.07. The molecule has 3 rings (SSSR count). The maximum Gasteiger partial charge on any atom is 0.335 e. The van der Waals surface area contributed by atoms with Gasteiger partial charge >= 0.3 is 5.97 Å². The zero-order valence-corrected chi connectivity index (χ0v) is 11.4. The van der Waals surface area contributed by atoms with Gasteiger partial charge in [0.05, 0.1) is 28.8 Å². The molecule has 1 saturated heterocycles. The molecule has 6 heteroatoms. The van der Waals surface area contributed by atoms with Crippen LogP contribution in [0.15, 0.2) is 18.2 Å². The number of carboxylic acids is 1. The Morgan fingerprint density at radius 1 is 1.14 bits per heavy atom. The van der Waals surface area contributed by atoms with Gasteiger partial charge in [-0.15, -0.1) is 0 Å². The quantitative estimate of drug-likeness (QED) is 0.636. The Morgan fingerprint density at radius 3 is 2.24 bits per heavy atom. The van der Waals surface area contributed by atoms with Gasteiger partial charge in [-0.05, 0) is 31.0 Å². The lowest BCUT2D eigenvalue weighted by Gasteiger charge is -2.19. The van der Waals surface area contributed by atoms with Gasteiger partial charge < -0.3 is 10.8 Å². The fourth-order valence-electron chi connectivity index (χ4n) is 3.27. The van der Waals surface area contributed by atoms with E-state index in [1.807, 2.05) is 0 Å². The number of aromatic carboxylic acids is 1. The topological polar surface area (TPSA) is 101 Å². The van der Waals surface area contributed by atoms with Gasteiger partial charge in [-0.25, -0.2) is 9.69 Å². The summed E-state index contributed by atoms with van der Waals surface area (Å²) < 4.78 is 0. The van der Waals surface area contributed by atoms with E-state index < -0.39 is 5.97 Å². The number of hydrogen-bond donors (Lipinski definition) is 2. The summed E-state index contributed by atoms with van der Waals surface area (Å²) in [6.45, 7) is 0. The Labute approximate surface area is 121 Å². The number of anilines is 2. The van der Waals surface area contributed by atoms with Crippen LogP contribution in [-0.2, 0) is 9.59 Å². The maximum absolute atomic E-state index is 12.5. The van der Waals surface area contributed by atoms with Gasteiger partial charge in [0.25, 0.3) is 0 Å². The van der Waals surface area contributed by atoms with Gasteiger partial charge in [-0.1, -0.05) is 12.8 Å². The van der Waals surface area contributed by atoms with Gasteiger partial charge in [0, 0.05) is 0 Å². The van der Waals surface area contributed by atoms with Gasteiger partial charge in [-0.2, -0.15) is 0 Å². The normalized spacial score (nSPS) is 25.0. The molecule has 2 unspecified atom stereocenters. The van der Waals surface area contributed by atoms with E-state index in [9.17, 15) is 14.4 Å². The van der Waals surface area contributed by atoms with Crippen molar-refractivity contribution in [3.63, 3.8) is 0 Å². The zero-order valence-electron chi connectivity index (χ0n) is 11.4. The minimum absolute atomic E-state index is 0.00896. The highest BCUT2D eigenvalue weighted by Gasteiger charge is 2.49. The van der Waals surface area contributed by atoms with Crippen molar-refractivity contribution in [3.8, 4) is 0 Å². The molecule has 1 heterocycles. The average molecular weight is 288 g/mol. The molecule has 2 amide bonds. The van der Waals surface area contributed by atoms with Crippen molar-refractivity contribution in [2.45, 2.75) is 25.7 Å². The number of benzene rings is 1. The number of nitrogen functional groups attached to an aromatic ring is 1. The summed E-state index contributed by atoms with van der Waals surface area (Å²) in [5.41, 5.74) is 6.28.